The SMILES string of the molecule is Cc1cc(C(=O)CSc2nnc(N3CCCC3)n2C2CC2)c(C)n1CC1CCCO1. The Morgan fingerprint density at radius 1 is 1.17 bits per heavy atom. The average molecular weight is 430 g/mol. The first kappa shape index (κ1) is 20.1. The van der Waals surface area contributed by atoms with E-state index >= 15 is 0 Å². The number of ketones is 1. The average Bonchev–Trinajstić information content (AvgIpc) is 3.18. The van der Waals surface area contributed by atoms with Crippen molar-refractivity contribution in [3.63, 3.8) is 0 Å². The zero-order valence-corrected chi connectivity index (χ0v) is 18.8. The highest BCUT2D eigenvalue weighted by atomic mass is 32.2. The summed E-state index contributed by atoms with van der Waals surface area (Å²) < 4.78 is 10.3. The number of aromatic nitrogens is 4. The molecule has 0 amide bonds. The van der Waals surface area contributed by atoms with Crippen molar-refractivity contribution in [1.29, 1.82) is 0 Å². The topological polar surface area (TPSA) is 65.2 Å². The molecule has 30 heavy (non-hydrogen) atoms. The number of rotatable bonds is 8. The number of ether oxygens (including phenoxy) is 1. The quantitative estimate of drug-likeness (QED) is 0.470. The van der Waals surface area contributed by atoms with Crippen molar-refractivity contribution in [1.82, 2.24) is 19.3 Å². The standard InChI is InChI=1S/C22H31N5O2S/c1-15-12-19(16(2)26(15)13-18-6-5-11-29-18)20(28)14-30-22-24-23-21(25-9-3-4-10-25)27(22)17-7-8-17/h12,17-18H,3-11,13-14H2,1-2H3. The van der Waals surface area contributed by atoms with Gasteiger partial charge in [0, 0.05) is 49.2 Å². The minimum Gasteiger partial charge on any atom is -0.376 e. The molecule has 5 rings (SSSR count). The maximum atomic E-state index is 13.1. The molecule has 0 spiro atoms. The van der Waals surface area contributed by atoms with Crippen molar-refractivity contribution in [2.45, 2.75) is 76.2 Å². The molecule has 4 heterocycles. The first-order valence-corrected chi connectivity index (χ1v) is 12.2. The van der Waals surface area contributed by atoms with Gasteiger partial charge in [0.1, 0.15) is 0 Å². The van der Waals surface area contributed by atoms with E-state index in [9.17, 15) is 4.79 Å². The molecular formula is C22H31N5O2S. The third kappa shape index (κ3) is 3.91. The van der Waals surface area contributed by atoms with Crippen LogP contribution in [0.15, 0.2) is 11.2 Å². The summed E-state index contributed by atoms with van der Waals surface area (Å²) in [5.74, 6) is 1.56. The van der Waals surface area contributed by atoms with E-state index in [0.29, 0.717) is 11.8 Å². The summed E-state index contributed by atoms with van der Waals surface area (Å²) in [6.45, 7) is 7.95. The van der Waals surface area contributed by atoms with Gasteiger partial charge in [-0.25, -0.2) is 0 Å². The summed E-state index contributed by atoms with van der Waals surface area (Å²) in [4.78, 5) is 15.4. The van der Waals surface area contributed by atoms with Gasteiger partial charge in [0.2, 0.25) is 5.95 Å². The van der Waals surface area contributed by atoms with Crippen LogP contribution in [0.5, 0.6) is 0 Å². The van der Waals surface area contributed by atoms with E-state index in [2.05, 4.69) is 38.1 Å². The highest BCUT2D eigenvalue weighted by Crippen LogP contribution is 2.41. The molecule has 1 atom stereocenters. The Morgan fingerprint density at radius 3 is 2.67 bits per heavy atom. The molecule has 1 saturated carbocycles. The Morgan fingerprint density at radius 2 is 1.97 bits per heavy atom. The summed E-state index contributed by atoms with van der Waals surface area (Å²) in [5.41, 5.74) is 3.01. The van der Waals surface area contributed by atoms with Crippen LogP contribution < -0.4 is 4.90 Å². The van der Waals surface area contributed by atoms with Crippen LogP contribution in [0, 0.1) is 13.8 Å². The van der Waals surface area contributed by atoms with Gasteiger partial charge in [0.15, 0.2) is 10.9 Å². The van der Waals surface area contributed by atoms with E-state index in [-0.39, 0.29) is 11.9 Å². The smallest absolute Gasteiger partial charge is 0.228 e. The zero-order chi connectivity index (χ0) is 20.7. The van der Waals surface area contributed by atoms with Crippen molar-refractivity contribution < 1.29 is 9.53 Å². The van der Waals surface area contributed by atoms with Crippen LogP contribution >= 0.6 is 11.8 Å². The minimum atomic E-state index is 0.166. The molecule has 2 aromatic heterocycles. The third-order valence-electron chi connectivity index (χ3n) is 6.56. The van der Waals surface area contributed by atoms with Crippen LogP contribution in [-0.4, -0.2) is 56.7 Å². The molecule has 162 valence electrons. The number of carbonyl (C=O) groups excluding carboxylic acids is 1. The second-order valence-corrected chi connectivity index (χ2v) is 9.76. The fourth-order valence-corrected chi connectivity index (χ4v) is 5.60. The zero-order valence-electron chi connectivity index (χ0n) is 18.0. The fraction of sp³-hybridized carbons (Fsp3) is 0.682. The summed E-state index contributed by atoms with van der Waals surface area (Å²) in [6, 6.07) is 2.54. The highest BCUT2D eigenvalue weighted by Gasteiger charge is 2.32. The lowest BCUT2D eigenvalue weighted by Crippen LogP contribution is -2.22. The van der Waals surface area contributed by atoms with Crippen molar-refractivity contribution in [2.75, 3.05) is 30.3 Å². The molecule has 2 aromatic rings. The first-order chi connectivity index (χ1) is 14.6. The molecule has 3 fully saturated rings. The molecule has 7 nitrogen and oxygen atoms in total. The number of thioether (sulfide) groups is 1. The molecule has 2 aliphatic heterocycles. The second-order valence-electron chi connectivity index (χ2n) is 8.82. The van der Waals surface area contributed by atoms with Gasteiger partial charge in [-0.3, -0.25) is 9.36 Å². The number of hydrogen-bond acceptors (Lipinski definition) is 6. The van der Waals surface area contributed by atoms with Crippen molar-refractivity contribution in [3.05, 3.63) is 23.0 Å². The number of aryl methyl sites for hydroxylation is 1. The monoisotopic (exact) mass is 429 g/mol. The van der Waals surface area contributed by atoms with Gasteiger partial charge in [0.25, 0.3) is 0 Å². The van der Waals surface area contributed by atoms with Gasteiger partial charge >= 0.3 is 0 Å². The van der Waals surface area contributed by atoms with E-state index in [1.807, 2.05) is 6.07 Å². The van der Waals surface area contributed by atoms with Crippen molar-refractivity contribution in [2.24, 2.45) is 0 Å². The molecule has 1 aliphatic carbocycles. The van der Waals surface area contributed by atoms with Crippen LogP contribution in [0.1, 0.15) is 66.3 Å². The Balaban J connectivity index is 1.28. The third-order valence-corrected chi connectivity index (χ3v) is 7.51. The van der Waals surface area contributed by atoms with Gasteiger partial charge in [-0.15, -0.1) is 10.2 Å². The molecule has 1 unspecified atom stereocenters. The molecule has 0 bridgehead atoms. The summed E-state index contributed by atoms with van der Waals surface area (Å²) in [7, 11) is 0. The normalized spacial score (nSPS) is 21.7. The number of nitrogens with zero attached hydrogens (tertiary/aromatic N) is 5. The van der Waals surface area contributed by atoms with E-state index in [0.717, 1.165) is 67.1 Å². The molecule has 2 saturated heterocycles. The first-order valence-electron chi connectivity index (χ1n) is 11.3. The van der Waals surface area contributed by atoms with Crippen LogP contribution in [-0.2, 0) is 11.3 Å². The van der Waals surface area contributed by atoms with Gasteiger partial charge < -0.3 is 14.2 Å². The van der Waals surface area contributed by atoms with Gasteiger partial charge in [-0.2, -0.15) is 0 Å². The summed E-state index contributed by atoms with van der Waals surface area (Å²) in [6.07, 6.45) is 7.32. The number of carbonyl (C=O) groups is 1. The summed E-state index contributed by atoms with van der Waals surface area (Å²) in [5, 5.41) is 9.84. The second kappa shape index (κ2) is 8.38. The molecule has 3 aliphatic rings. The van der Waals surface area contributed by atoms with Crippen LogP contribution in [0.2, 0.25) is 0 Å². The lowest BCUT2D eigenvalue weighted by Gasteiger charge is -2.17. The van der Waals surface area contributed by atoms with Crippen molar-refractivity contribution >= 4 is 23.5 Å². The molecule has 8 heteroatoms. The predicted octanol–water partition coefficient (Wildman–Crippen LogP) is 3.79. The van der Waals surface area contributed by atoms with Crippen LogP contribution in [0.25, 0.3) is 0 Å². The number of anilines is 1. The lowest BCUT2D eigenvalue weighted by atomic mass is 10.2. The summed E-state index contributed by atoms with van der Waals surface area (Å²) >= 11 is 1.53. The maximum Gasteiger partial charge on any atom is 0.228 e. The molecular weight excluding hydrogens is 398 g/mol. The van der Waals surface area contributed by atoms with Gasteiger partial charge in [-0.05, 0) is 58.4 Å². The minimum absolute atomic E-state index is 0.166. The highest BCUT2D eigenvalue weighted by molar-refractivity contribution is 7.99. The van der Waals surface area contributed by atoms with Gasteiger partial charge in [-0.1, -0.05) is 11.8 Å². The van der Waals surface area contributed by atoms with E-state index < -0.39 is 0 Å². The lowest BCUT2D eigenvalue weighted by molar-refractivity contribution is 0.0957. The van der Waals surface area contributed by atoms with Crippen molar-refractivity contribution in [3.8, 4) is 0 Å². The Labute approximate surface area is 182 Å². The van der Waals surface area contributed by atoms with Crippen LogP contribution in [0.3, 0.4) is 0 Å². The largest absolute Gasteiger partial charge is 0.376 e. The molecule has 0 aromatic carbocycles. The van der Waals surface area contributed by atoms with Gasteiger partial charge in [0.05, 0.1) is 11.9 Å². The number of hydrogen-bond donors (Lipinski definition) is 0. The Bertz CT molecular complexity index is 920. The maximum absolute atomic E-state index is 13.1. The number of Topliss-reactive ketones (excluding diaryl/α,β-unsaturated/α-hetero) is 1. The Hall–Kier alpha value is -1.80. The predicted molar refractivity (Wildman–Crippen MR) is 118 cm³/mol. The Kier molecular flexibility index (Phi) is 5.62. The van der Waals surface area contributed by atoms with E-state index in [1.54, 1.807) is 0 Å². The van der Waals surface area contributed by atoms with E-state index in [4.69, 9.17) is 4.74 Å². The molecule has 0 radical (unpaired) electrons. The molecule has 0 N–H and O–H groups in total. The van der Waals surface area contributed by atoms with Crippen LogP contribution in [0.4, 0.5) is 5.95 Å². The fourth-order valence-electron chi connectivity index (χ4n) is 4.72. The van der Waals surface area contributed by atoms with E-state index in [1.165, 1.54) is 37.4 Å².